The van der Waals surface area contributed by atoms with Gasteiger partial charge >= 0.3 is 5.97 Å². The fraction of sp³-hybridized carbons (Fsp3) is 0.545. The first-order valence-corrected chi connectivity index (χ1v) is 10.5. The third-order valence-corrected chi connectivity index (χ3v) is 5.49. The van der Waals surface area contributed by atoms with Crippen LogP contribution in [0.3, 0.4) is 0 Å². The lowest BCUT2D eigenvalue weighted by Crippen LogP contribution is -2.36. The van der Waals surface area contributed by atoms with Gasteiger partial charge in [-0.3, -0.25) is 14.2 Å². The highest BCUT2D eigenvalue weighted by molar-refractivity contribution is 5.95. The SMILES string of the molecule is CCC(CC)NC(=O)COC(=O)c1ccc2c(=O)n3c(nc2c1)CCCCCC3. The average molecular weight is 399 g/mol. The fourth-order valence-electron chi connectivity index (χ4n) is 3.70. The fourth-order valence-corrected chi connectivity index (χ4v) is 3.70. The Hall–Kier alpha value is -2.70. The van der Waals surface area contributed by atoms with Crippen molar-refractivity contribution in [2.24, 2.45) is 0 Å². The van der Waals surface area contributed by atoms with E-state index in [1.165, 1.54) is 0 Å². The van der Waals surface area contributed by atoms with Crippen LogP contribution in [0.15, 0.2) is 23.0 Å². The van der Waals surface area contributed by atoms with Crippen molar-refractivity contribution < 1.29 is 14.3 Å². The van der Waals surface area contributed by atoms with Crippen molar-refractivity contribution in [3.8, 4) is 0 Å². The van der Waals surface area contributed by atoms with E-state index in [0.29, 0.717) is 17.4 Å². The van der Waals surface area contributed by atoms with Crippen LogP contribution in [0, 0.1) is 0 Å². The minimum atomic E-state index is -0.597. The van der Waals surface area contributed by atoms with Gasteiger partial charge < -0.3 is 10.1 Å². The Morgan fingerprint density at radius 3 is 2.69 bits per heavy atom. The quantitative estimate of drug-likeness (QED) is 0.754. The first-order valence-electron chi connectivity index (χ1n) is 10.5. The molecule has 2 aromatic rings. The predicted octanol–water partition coefficient (Wildman–Crippen LogP) is 2.97. The van der Waals surface area contributed by atoms with Gasteiger partial charge in [-0.05, 0) is 43.9 Å². The zero-order valence-electron chi connectivity index (χ0n) is 17.2. The number of rotatable bonds is 6. The molecule has 3 rings (SSSR count). The van der Waals surface area contributed by atoms with Gasteiger partial charge in [0.05, 0.1) is 16.5 Å². The maximum atomic E-state index is 12.8. The molecule has 1 aromatic carbocycles. The van der Waals surface area contributed by atoms with Gasteiger partial charge in [0.2, 0.25) is 0 Å². The van der Waals surface area contributed by atoms with Crippen molar-refractivity contribution in [3.05, 3.63) is 39.9 Å². The molecule has 0 spiro atoms. The van der Waals surface area contributed by atoms with Crippen LogP contribution in [0.2, 0.25) is 0 Å². The second-order valence-electron chi connectivity index (χ2n) is 7.54. The summed E-state index contributed by atoms with van der Waals surface area (Å²) in [6, 6.07) is 4.84. The number of aromatic nitrogens is 2. The van der Waals surface area contributed by atoms with Crippen molar-refractivity contribution in [2.75, 3.05) is 6.61 Å². The second kappa shape index (κ2) is 9.67. The first kappa shape index (κ1) is 21.0. The molecule has 0 aliphatic carbocycles. The maximum absolute atomic E-state index is 12.8. The Bertz CT molecular complexity index is 947. The molecular weight excluding hydrogens is 370 g/mol. The van der Waals surface area contributed by atoms with Crippen molar-refractivity contribution >= 4 is 22.8 Å². The Kier molecular flexibility index (Phi) is 7.01. The molecule has 0 radical (unpaired) electrons. The smallest absolute Gasteiger partial charge is 0.338 e. The van der Waals surface area contributed by atoms with Crippen LogP contribution in [0.25, 0.3) is 10.9 Å². The lowest BCUT2D eigenvalue weighted by Gasteiger charge is -2.16. The molecule has 2 heterocycles. The van der Waals surface area contributed by atoms with E-state index >= 15 is 0 Å². The number of esters is 1. The number of hydrogen-bond acceptors (Lipinski definition) is 5. The first-order chi connectivity index (χ1) is 14.0. The summed E-state index contributed by atoms with van der Waals surface area (Å²) in [7, 11) is 0. The number of carbonyl (C=O) groups is 2. The highest BCUT2D eigenvalue weighted by Gasteiger charge is 2.16. The number of nitrogens with one attached hydrogen (secondary N) is 1. The summed E-state index contributed by atoms with van der Waals surface area (Å²) in [4.78, 5) is 41.8. The van der Waals surface area contributed by atoms with E-state index in [1.54, 1.807) is 22.8 Å². The molecule has 7 nitrogen and oxygen atoms in total. The third-order valence-electron chi connectivity index (χ3n) is 5.49. The summed E-state index contributed by atoms with van der Waals surface area (Å²) >= 11 is 0. The normalized spacial score (nSPS) is 14.2. The van der Waals surface area contributed by atoms with E-state index in [0.717, 1.165) is 50.8 Å². The highest BCUT2D eigenvalue weighted by atomic mass is 16.5. The summed E-state index contributed by atoms with van der Waals surface area (Å²) in [5.74, 6) is -0.136. The number of ether oxygens (including phenoxy) is 1. The van der Waals surface area contributed by atoms with Crippen molar-refractivity contribution in [1.82, 2.24) is 14.9 Å². The van der Waals surface area contributed by atoms with E-state index in [1.807, 2.05) is 13.8 Å². The number of hydrogen-bond donors (Lipinski definition) is 1. The van der Waals surface area contributed by atoms with Crippen LogP contribution in [0.5, 0.6) is 0 Å². The van der Waals surface area contributed by atoms with Gasteiger partial charge in [-0.15, -0.1) is 0 Å². The minimum absolute atomic E-state index is 0.0589. The Balaban J connectivity index is 1.76. The molecule has 0 fully saturated rings. The molecule has 1 aromatic heterocycles. The molecule has 0 unspecified atom stereocenters. The zero-order chi connectivity index (χ0) is 20.8. The van der Waals surface area contributed by atoms with Gasteiger partial charge in [0, 0.05) is 19.0 Å². The summed E-state index contributed by atoms with van der Waals surface area (Å²) in [5.41, 5.74) is 0.727. The predicted molar refractivity (Wildman–Crippen MR) is 111 cm³/mol. The van der Waals surface area contributed by atoms with Gasteiger partial charge in [-0.1, -0.05) is 26.7 Å². The lowest BCUT2D eigenvalue weighted by atomic mass is 10.1. The van der Waals surface area contributed by atoms with E-state index in [-0.39, 0.29) is 29.7 Å². The van der Waals surface area contributed by atoms with Crippen LogP contribution < -0.4 is 10.9 Å². The molecule has 0 saturated heterocycles. The monoisotopic (exact) mass is 399 g/mol. The van der Waals surface area contributed by atoms with Crippen molar-refractivity contribution in [2.45, 2.75) is 71.4 Å². The number of carbonyl (C=O) groups excluding carboxylic acids is 2. The number of fused-ring (bicyclic) bond motifs is 2. The van der Waals surface area contributed by atoms with Crippen LogP contribution in [0.1, 0.15) is 68.6 Å². The Labute approximate surface area is 170 Å². The molecule has 0 bridgehead atoms. The van der Waals surface area contributed by atoms with E-state index in [9.17, 15) is 14.4 Å². The van der Waals surface area contributed by atoms with Crippen LogP contribution in [0.4, 0.5) is 0 Å². The van der Waals surface area contributed by atoms with Gasteiger partial charge in [0.25, 0.3) is 11.5 Å². The van der Waals surface area contributed by atoms with Crippen LogP contribution in [-0.4, -0.2) is 34.1 Å². The van der Waals surface area contributed by atoms with Crippen molar-refractivity contribution in [3.63, 3.8) is 0 Å². The van der Waals surface area contributed by atoms with Crippen molar-refractivity contribution in [1.29, 1.82) is 0 Å². The molecule has 0 saturated carbocycles. The van der Waals surface area contributed by atoms with E-state index in [4.69, 9.17) is 4.74 Å². The molecule has 1 aliphatic heterocycles. The summed E-state index contributed by atoms with van der Waals surface area (Å²) in [5, 5.41) is 3.33. The maximum Gasteiger partial charge on any atom is 0.338 e. The molecular formula is C22H29N3O4. The number of aryl methyl sites for hydroxylation is 1. The highest BCUT2D eigenvalue weighted by Crippen LogP contribution is 2.17. The second-order valence-corrected chi connectivity index (χ2v) is 7.54. The molecule has 0 atom stereocenters. The number of amides is 1. The molecule has 156 valence electrons. The summed E-state index contributed by atoms with van der Waals surface area (Å²) in [6.07, 6.45) is 6.66. The average Bonchev–Trinajstić information content (AvgIpc) is 2.71. The minimum Gasteiger partial charge on any atom is -0.452 e. The number of nitrogens with zero attached hydrogens (tertiary/aromatic N) is 2. The van der Waals surface area contributed by atoms with Gasteiger partial charge in [0.1, 0.15) is 5.82 Å². The molecule has 29 heavy (non-hydrogen) atoms. The van der Waals surface area contributed by atoms with Gasteiger partial charge in [-0.2, -0.15) is 0 Å². The molecule has 1 N–H and O–H groups in total. The summed E-state index contributed by atoms with van der Waals surface area (Å²) < 4.78 is 6.91. The topological polar surface area (TPSA) is 90.3 Å². The van der Waals surface area contributed by atoms with Gasteiger partial charge in [-0.25, -0.2) is 9.78 Å². The molecule has 1 amide bonds. The number of benzene rings is 1. The largest absolute Gasteiger partial charge is 0.452 e. The lowest BCUT2D eigenvalue weighted by molar-refractivity contribution is -0.125. The zero-order valence-corrected chi connectivity index (χ0v) is 17.2. The summed E-state index contributed by atoms with van der Waals surface area (Å²) in [6.45, 7) is 4.35. The van der Waals surface area contributed by atoms with Crippen LogP contribution >= 0.6 is 0 Å². The Morgan fingerprint density at radius 2 is 1.93 bits per heavy atom. The molecule has 7 heteroatoms. The standard InChI is InChI=1S/C22H29N3O4/c1-3-16(4-2)23-20(26)14-29-22(28)15-10-11-17-18(13-15)24-19-9-7-5-6-8-12-25(19)21(17)27/h10-11,13,16H,3-9,12,14H2,1-2H3,(H,23,26). The molecule has 1 aliphatic rings. The van der Waals surface area contributed by atoms with E-state index < -0.39 is 5.97 Å². The van der Waals surface area contributed by atoms with Gasteiger partial charge in [0.15, 0.2) is 6.61 Å². The van der Waals surface area contributed by atoms with Crippen LogP contribution in [-0.2, 0) is 22.5 Å². The van der Waals surface area contributed by atoms with E-state index in [2.05, 4.69) is 10.3 Å². The third kappa shape index (κ3) is 5.02. The Morgan fingerprint density at radius 1 is 1.17 bits per heavy atom.